The lowest BCUT2D eigenvalue weighted by molar-refractivity contribution is -0.114. The highest BCUT2D eigenvalue weighted by molar-refractivity contribution is 6.02. The minimum Gasteiger partial charge on any atom is -0.508 e. The van der Waals surface area contributed by atoms with E-state index in [0.29, 0.717) is 22.5 Å². The van der Waals surface area contributed by atoms with Crippen LogP contribution in [-0.4, -0.2) is 27.7 Å². The van der Waals surface area contributed by atoms with Crippen molar-refractivity contribution in [2.45, 2.75) is 13.8 Å². The Kier molecular flexibility index (Phi) is 5.16. The number of nitrogens with zero attached hydrogens (tertiary/aromatic N) is 1. The number of aromatic hydroxyl groups is 2. The van der Waals surface area contributed by atoms with Gasteiger partial charge in [-0.15, -0.1) is 0 Å². The molecule has 2 amide bonds. The van der Waals surface area contributed by atoms with Gasteiger partial charge >= 0.3 is 0 Å². The van der Waals surface area contributed by atoms with Gasteiger partial charge in [0.2, 0.25) is 5.91 Å². The summed E-state index contributed by atoms with van der Waals surface area (Å²) in [4.78, 5) is 23.0. The molecule has 0 radical (unpaired) electrons. The van der Waals surface area contributed by atoms with Crippen molar-refractivity contribution in [2.24, 2.45) is 5.10 Å². The van der Waals surface area contributed by atoms with Gasteiger partial charge in [0.25, 0.3) is 5.91 Å². The molecule has 0 atom stereocenters. The first-order chi connectivity index (χ1) is 11.4. The molecular weight excluding hydrogens is 310 g/mol. The molecule has 7 heteroatoms. The first-order valence-corrected chi connectivity index (χ1v) is 7.11. The minimum absolute atomic E-state index is 0.0626. The molecule has 0 bridgehead atoms. The van der Waals surface area contributed by atoms with Gasteiger partial charge in [0.15, 0.2) is 0 Å². The molecule has 0 saturated heterocycles. The maximum Gasteiger partial charge on any atom is 0.271 e. The van der Waals surface area contributed by atoms with E-state index in [-0.39, 0.29) is 17.4 Å². The van der Waals surface area contributed by atoms with Crippen molar-refractivity contribution < 1.29 is 19.8 Å². The second kappa shape index (κ2) is 7.28. The summed E-state index contributed by atoms with van der Waals surface area (Å²) in [5, 5.41) is 25.6. The number of nitrogens with one attached hydrogen (secondary N) is 2. The maximum absolute atomic E-state index is 12.0. The van der Waals surface area contributed by atoms with Crippen molar-refractivity contribution in [2.75, 3.05) is 5.32 Å². The minimum atomic E-state index is -0.429. The molecule has 0 aliphatic rings. The fourth-order valence-electron chi connectivity index (χ4n) is 1.99. The molecule has 0 saturated carbocycles. The Labute approximate surface area is 138 Å². The van der Waals surface area contributed by atoms with Crippen LogP contribution in [0.3, 0.4) is 0 Å². The summed E-state index contributed by atoms with van der Waals surface area (Å²) in [6.07, 6.45) is 0. The zero-order chi connectivity index (χ0) is 17.7. The number of phenolic OH excluding ortho intramolecular Hbond substituents is 2. The first-order valence-electron chi connectivity index (χ1n) is 7.11. The SMILES string of the molecule is CC(=O)Nc1ccc(C(=O)N/N=C(\C)c2ccc(O)cc2O)cc1. The first kappa shape index (κ1) is 17.0. The van der Waals surface area contributed by atoms with Crippen LogP contribution in [0, 0.1) is 0 Å². The molecular formula is C17H17N3O4. The summed E-state index contributed by atoms with van der Waals surface area (Å²) in [7, 11) is 0. The summed E-state index contributed by atoms with van der Waals surface area (Å²) >= 11 is 0. The zero-order valence-electron chi connectivity index (χ0n) is 13.2. The smallest absolute Gasteiger partial charge is 0.271 e. The molecule has 2 rings (SSSR count). The Bertz CT molecular complexity index is 798. The molecule has 24 heavy (non-hydrogen) atoms. The van der Waals surface area contributed by atoms with E-state index in [1.807, 2.05) is 0 Å². The molecule has 0 aliphatic carbocycles. The third-order valence-corrected chi connectivity index (χ3v) is 3.16. The Hall–Kier alpha value is -3.35. The number of hydrogen-bond donors (Lipinski definition) is 4. The third kappa shape index (κ3) is 4.33. The van der Waals surface area contributed by atoms with Crippen LogP contribution < -0.4 is 10.7 Å². The molecule has 2 aromatic carbocycles. The van der Waals surface area contributed by atoms with Crippen LogP contribution in [0.4, 0.5) is 5.69 Å². The topological polar surface area (TPSA) is 111 Å². The Balaban J connectivity index is 2.07. The molecule has 124 valence electrons. The van der Waals surface area contributed by atoms with Crippen LogP contribution in [0.2, 0.25) is 0 Å². The maximum atomic E-state index is 12.0. The highest BCUT2D eigenvalue weighted by atomic mass is 16.3. The van der Waals surface area contributed by atoms with Crippen molar-refractivity contribution in [3.63, 3.8) is 0 Å². The molecule has 0 aromatic heterocycles. The van der Waals surface area contributed by atoms with Gasteiger partial charge in [0.05, 0.1) is 5.71 Å². The lowest BCUT2D eigenvalue weighted by Gasteiger charge is -2.06. The van der Waals surface area contributed by atoms with E-state index in [1.165, 1.54) is 25.1 Å². The van der Waals surface area contributed by atoms with Gasteiger partial charge in [-0.05, 0) is 43.3 Å². The number of rotatable bonds is 4. The van der Waals surface area contributed by atoms with Crippen LogP contribution in [0.15, 0.2) is 47.6 Å². The second-order valence-electron chi connectivity index (χ2n) is 5.10. The van der Waals surface area contributed by atoms with Crippen LogP contribution in [0.25, 0.3) is 0 Å². The largest absolute Gasteiger partial charge is 0.508 e. The van der Waals surface area contributed by atoms with Crippen molar-refractivity contribution in [1.82, 2.24) is 5.43 Å². The van der Waals surface area contributed by atoms with Crippen LogP contribution in [-0.2, 0) is 4.79 Å². The number of hydrazone groups is 1. The van der Waals surface area contributed by atoms with E-state index in [4.69, 9.17) is 0 Å². The Morgan fingerprint density at radius 2 is 1.67 bits per heavy atom. The highest BCUT2D eigenvalue weighted by Crippen LogP contribution is 2.23. The fraction of sp³-hybridized carbons (Fsp3) is 0.118. The summed E-state index contributed by atoms with van der Waals surface area (Å²) in [6.45, 7) is 3.02. The highest BCUT2D eigenvalue weighted by Gasteiger charge is 2.08. The number of carbonyl (C=O) groups excluding carboxylic acids is 2. The van der Waals surface area contributed by atoms with Crippen molar-refractivity contribution in [3.05, 3.63) is 53.6 Å². The monoisotopic (exact) mass is 327 g/mol. The van der Waals surface area contributed by atoms with Gasteiger partial charge in [-0.1, -0.05) is 0 Å². The van der Waals surface area contributed by atoms with E-state index in [1.54, 1.807) is 31.2 Å². The average Bonchev–Trinajstić information content (AvgIpc) is 2.52. The predicted octanol–water partition coefficient (Wildman–Crippen LogP) is 2.21. The number of hydrogen-bond acceptors (Lipinski definition) is 5. The molecule has 4 N–H and O–H groups in total. The Morgan fingerprint density at radius 3 is 2.25 bits per heavy atom. The molecule has 0 aliphatic heterocycles. The van der Waals surface area contributed by atoms with E-state index in [0.717, 1.165) is 0 Å². The number of anilines is 1. The number of phenols is 2. The summed E-state index contributed by atoms with van der Waals surface area (Å²) in [5.41, 5.74) is 4.13. The number of benzene rings is 2. The molecule has 0 heterocycles. The normalized spacial score (nSPS) is 11.0. The molecule has 7 nitrogen and oxygen atoms in total. The number of carbonyl (C=O) groups is 2. The van der Waals surface area contributed by atoms with Gasteiger partial charge in [0, 0.05) is 29.8 Å². The van der Waals surface area contributed by atoms with Crippen molar-refractivity contribution >= 4 is 23.2 Å². The quantitative estimate of drug-likeness (QED) is 0.509. The fourth-order valence-corrected chi connectivity index (χ4v) is 1.99. The van der Waals surface area contributed by atoms with Crippen molar-refractivity contribution in [3.8, 4) is 11.5 Å². The van der Waals surface area contributed by atoms with E-state index < -0.39 is 5.91 Å². The van der Waals surface area contributed by atoms with E-state index in [2.05, 4.69) is 15.8 Å². The standard InChI is InChI=1S/C17H17N3O4/c1-10(15-8-7-14(22)9-16(15)23)19-20-17(24)12-3-5-13(6-4-12)18-11(2)21/h3-9,22-23H,1-2H3,(H,18,21)(H,20,24)/b19-10+. The average molecular weight is 327 g/mol. The lowest BCUT2D eigenvalue weighted by Crippen LogP contribution is -2.19. The van der Waals surface area contributed by atoms with Gasteiger partial charge in [-0.3, -0.25) is 9.59 Å². The molecule has 2 aromatic rings. The van der Waals surface area contributed by atoms with Crippen LogP contribution in [0.1, 0.15) is 29.8 Å². The Morgan fingerprint density at radius 1 is 1.00 bits per heavy atom. The van der Waals surface area contributed by atoms with Gasteiger partial charge in [-0.2, -0.15) is 5.10 Å². The second-order valence-corrected chi connectivity index (χ2v) is 5.10. The van der Waals surface area contributed by atoms with Crippen LogP contribution in [0.5, 0.6) is 11.5 Å². The van der Waals surface area contributed by atoms with Crippen LogP contribution >= 0.6 is 0 Å². The molecule has 0 unspecified atom stereocenters. The summed E-state index contributed by atoms with van der Waals surface area (Å²) in [6, 6.07) is 10.4. The summed E-state index contributed by atoms with van der Waals surface area (Å²) in [5.74, 6) is -0.819. The molecule has 0 spiro atoms. The van der Waals surface area contributed by atoms with Gasteiger partial charge < -0.3 is 15.5 Å². The van der Waals surface area contributed by atoms with Gasteiger partial charge in [-0.25, -0.2) is 5.43 Å². The van der Waals surface area contributed by atoms with E-state index in [9.17, 15) is 19.8 Å². The predicted molar refractivity (Wildman–Crippen MR) is 90.2 cm³/mol. The van der Waals surface area contributed by atoms with Gasteiger partial charge in [0.1, 0.15) is 11.5 Å². The lowest BCUT2D eigenvalue weighted by atomic mass is 10.1. The zero-order valence-corrected chi connectivity index (χ0v) is 13.2. The molecule has 0 fully saturated rings. The van der Waals surface area contributed by atoms with Crippen molar-refractivity contribution in [1.29, 1.82) is 0 Å². The summed E-state index contributed by atoms with van der Waals surface area (Å²) < 4.78 is 0. The number of amides is 2. The van der Waals surface area contributed by atoms with E-state index >= 15 is 0 Å². The third-order valence-electron chi connectivity index (χ3n) is 3.16.